The Morgan fingerprint density at radius 3 is 2.50 bits per heavy atom. The fourth-order valence-corrected chi connectivity index (χ4v) is 2.86. The molecule has 0 bridgehead atoms. The molecule has 1 aromatic carbocycles. The number of H-pyrrole nitrogens is 1. The average molecular weight is 371 g/mol. The average Bonchev–Trinajstić information content (AvgIpc) is 3.25. The van der Waals surface area contributed by atoms with Crippen molar-refractivity contribution in [2.45, 2.75) is 12.6 Å². The van der Waals surface area contributed by atoms with Crippen LogP contribution in [0.4, 0.5) is 5.69 Å². The summed E-state index contributed by atoms with van der Waals surface area (Å²) in [6.45, 7) is 1.33. The number of hydrogen-bond acceptors (Lipinski definition) is 6. The highest BCUT2D eigenvalue weighted by molar-refractivity contribution is 5.53. The van der Waals surface area contributed by atoms with E-state index in [0.29, 0.717) is 18.9 Å². The molecule has 0 aliphatic carbocycles. The van der Waals surface area contributed by atoms with Gasteiger partial charge < -0.3 is 10.6 Å². The molecule has 0 radical (unpaired) electrons. The van der Waals surface area contributed by atoms with E-state index in [0.717, 1.165) is 22.8 Å². The molecule has 0 saturated heterocycles. The monoisotopic (exact) mass is 371 g/mol. The maximum Gasteiger partial charge on any atom is 0.174 e. The van der Waals surface area contributed by atoms with E-state index in [1.165, 1.54) is 0 Å². The van der Waals surface area contributed by atoms with Gasteiger partial charge in [-0.3, -0.25) is 15.1 Å². The molecule has 3 heterocycles. The summed E-state index contributed by atoms with van der Waals surface area (Å²) in [5.41, 5.74) is 2.96. The van der Waals surface area contributed by atoms with Gasteiger partial charge in [-0.25, -0.2) is 4.98 Å². The van der Waals surface area contributed by atoms with Gasteiger partial charge in [0.15, 0.2) is 11.6 Å². The number of para-hydroxylation sites is 1. The molecule has 0 amide bonds. The molecule has 140 valence electrons. The van der Waals surface area contributed by atoms with E-state index in [1.807, 2.05) is 60.7 Å². The molecule has 7 nitrogen and oxygen atoms in total. The minimum Gasteiger partial charge on any atom is -0.374 e. The van der Waals surface area contributed by atoms with Crippen LogP contribution in [0.15, 0.2) is 79.3 Å². The van der Waals surface area contributed by atoms with Crippen molar-refractivity contribution in [3.8, 4) is 11.4 Å². The van der Waals surface area contributed by atoms with Gasteiger partial charge in [0.25, 0.3) is 0 Å². The summed E-state index contributed by atoms with van der Waals surface area (Å²) in [6.07, 6.45) is 5.28. The van der Waals surface area contributed by atoms with Gasteiger partial charge in [-0.1, -0.05) is 24.3 Å². The van der Waals surface area contributed by atoms with Gasteiger partial charge >= 0.3 is 0 Å². The van der Waals surface area contributed by atoms with Crippen LogP contribution in [0.5, 0.6) is 0 Å². The molecular weight excluding hydrogens is 350 g/mol. The lowest BCUT2D eigenvalue weighted by Gasteiger charge is -2.17. The van der Waals surface area contributed by atoms with Gasteiger partial charge in [0.05, 0.1) is 5.69 Å². The van der Waals surface area contributed by atoms with Crippen molar-refractivity contribution in [3.05, 3.63) is 90.8 Å². The lowest BCUT2D eigenvalue weighted by molar-refractivity contribution is 0.596. The van der Waals surface area contributed by atoms with Crippen molar-refractivity contribution in [2.24, 2.45) is 0 Å². The summed E-state index contributed by atoms with van der Waals surface area (Å²) in [5.74, 6) is 1.42. The van der Waals surface area contributed by atoms with Crippen LogP contribution >= 0.6 is 0 Å². The number of anilines is 1. The quantitative estimate of drug-likeness (QED) is 0.441. The first-order valence-corrected chi connectivity index (χ1v) is 9.13. The molecule has 0 saturated carbocycles. The van der Waals surface area contributed by atoms with Crippen LogP contribution in [-0.2, 0) is 6.54 Å². The Balaban J connectivity index is 1.50. The number of benzene rings is 1. The Bertz CT molecular complexity index is 971. The zero-order chi connectivity index (χ0) is 19.0. The summed E-state index contributed by atoms with van der Waals surface area (Å²) in [7, 11) is 0. The van der Waals surface area contributed by atoms with Crippen LogP contribution < -0.4 is 10.6 Å². The smallest absolute Gasteiger partial charge is 0.174 e. The van der Waals surface area contributed by atoms with Gasteiger partial charge in [0.1, 0.15) is 6.04 Å². The molecule has 0 spiro atoms. The number of rotatable bonds is 8. The van der Waals surface area contributed by atoms with Crippen LogP contribution in [0.3, 0.4) is 0 Å². The van der Waals surface area contributed by atoms with E-state index in [9.17, 15) is 0 Å². The summed E-state index contributed by atoms with van der Waals surface area (Å²) < 4.78 is 0. The fourth-order valence-electron chi connectivity index (χ4n) is 2.86. The number of pyridine rings is 2. The first-order chi connectivity index (χ1) is 13.9. The van der Waals surface area contributed by atoms with Crippen LogP contribution in [0, 0.1) is 0 Å². The molecule has 7 heteroatoms. The number of aromatic nitrogens is 5. The predicted molar refractivity (Wildman–Crippen MR) is 108 cm³/mol. The van der Waals surface area contributed by atoms with Crippen LogP contribution in [0.25, 0.3) is 11.4 Å². The van der Waals surface area contributed by atoms with Gasteiger partial charge in [0, 0.05) is 42.9 Å². The molecule has 4 rings (SSSR count). The largest absolute Gasteiger partial charge is 0.374 e. The Labute approximate surface area is 163 Å². The number of nitrogens with one attached hydrogen (secondary N) is 3. The first-order valence-electron chi connectivity index (χ1n) is 9.13. The maximum absolute atomic E-state index is 4.69. The van der Waals surface area contributed by atoms with E-state index < -0.39 is 0 Å². The SMILES string of the molecule is c1ccc(NC(CNCc2ccccn2)c2n[nH]c(-c3ccncc3)n2)cc1. The summed E-state index contributed by atoms with van der Waals surface area (Å²) >= 11 is 0. The van der Waals surface area contributed by atoms with Crippen LogP contribution in [0.1, 0.15) is 17.6 Å². The molecule has 0 fully saturated rings. The Morgan fingerprint density at radius 2 is 1.71 bits per heavy atom. The van der Waals surface area contributed by atoms with Crippen LogP contribution in [0.2, 0.25) is 0 Å². The predicted octanol–water partition coefficient (Wildman–Crippen LogP) is 3.20. The molecule has 28 heavy (non-hydrogen) atoms. The number of aromatic amines is 1. The molecule has 1 atom stereocenters. The van der Waals surface area contributed by atoms with Gasteiger partial charge in [-0.05, 0) is 36.4 Å². The first kappa shape index (κ1) is 17.8. The Kier molecular flexibility index (Phi) is 5.65. The fraction of sp³-hybridized carbons (Fsp3) is 0.143. The molecule has 0 aliphatic heterocycles. The maximum atomic E-state index is 4.69. The topological polar surface area (TPSA) is 91.4 Å². The molecular formula is C21H21N7. The van der Waals surface area contributed by atoms with E-state index in [1.54, 1.807) is 18.6 Å². The van der Waals surface area contributed by atoms with Crippen molar-refractivity contribution in [1.29, 1.82) is 0 Å². The van der Waals surface area contributed by atoms with Gasteiger partial charge in [-0.2, -0.15) is 5.10 Å². The van der Waals surface area contributed by atoms with E-state index in [-0.39, 0.29) is 6.04 Å². The summed E-state index contributed by atoms with van der Waals surface area (Å²) in [6, 6.07) is 19.7. The Hall–Kier alpha value is -3.58. The zero-order valence-electron chi connectivity index (χ0n) is 15.3. The van der Waals surface area contributed by atoms with Gasteiger partial charge in [-0.15, -0.1) is 0 Å². The van der Waals surface area contributed by atoms with E-state index in [2.05, 4.69) is 30.8 Å². The summed E-state index contributed by atoms with van der Waals surface area (Å²) in [4.78, 5) is 13.1. The molecule has 0 aliphatic rings. The van der Waals surface area contributed by atoms with Crippen molar-refractivity contribution < 1.29 is 0 Å². The molecule has 3 aromatic heterocycles. The minimum atomic E-state index is -0.0991. The lowest BCUT2D eigenvalue weighted by atomic mass is 10.2. The highest BCUT2D eigenvalue weighted by atomic mass is 15.2. The number of hydrogen-bond donors (Lipinski definition) is 3. The van der Waals surface area contributed by atoms with E-state index in [4.69, 9.17) is 4.98 Å². The zero-order valence-corrected chi connectivity index (χ0v) is 15.3. The normalized spacial score (nSPS) is 11.9. The second-order valence-electron chi connectivity index (χ2n) is 6.29. The van der Waals surface area contributed by atoms with E-state index >= 15 is 0 Å². The van der Waals surface area contributed by atoms with Crippen molar-refractivity contribution in [2.75, 3.05) is 11.9 Å². The highest BCUT2D eigenvalue weighted by Gasteiger charge is 2.17. The van der Waals surface area contributed by atoms with Crippen LogP contribution in [-0.4, -0.2) is 31.7 Å². The highest BCUT2D eigenvalue weighted by Crippen LogP contribution is 2.19. The third kappa shape index (κ3) is 4.57. The number of nitrogens with zero attached hydrogens (tertiary/aromatic N) is 4. The second-order valence-corrected chi connectivity index (χ2v) is 6.29. The van der Waals surface area contributed by atoms with Crippen molar-refractivity contribution >= 4 is 5.69 Å². The van der Waals surface area contributed by atoms with Crippen molar-refractivity contribution in [1.82, 2.24) is 30.5 Å². The molecule has 1 unspecified atom stereocenters. The van der Waals surface area contributed by atoms with Crippen molar-refractivity contribution in [3.63, 3.8) is 0 Å². The molecule has 4 aromatic rings. The molecule has 3 N–H and O–H groups in total. The third-order valence-corrected chi connectivity index (χ3v) is 4.26. The lowest BCUT2D eigenvalue weighted by Crippen LogP contribution is -2.27. The minimum absolute atomic E-state index is 0.0991. The third-order valence-electron chi connectivity index (χ3n) is 4.26. The van der Waals surface area contributed by atoms with Gasteiger partial charge in [0.2, 0.25) is 0 Å². The second kappa shape index (κ2) is 8.88. The summed E-state index contributed by atoms with van der Waals surface area (Å²) in [5, 5.41) is 14.4. The Morgan fingerprint density at radius 1 is 0.893 bits per heavy atom. The standard InChI is InChI=1S/C21H21N7/c1-2-6-17(7-3-1)25-19(15-23-14-18-8-4-5-11-24-18)21-26-20(27-28-21)16-9-12-22-13-10-16/h1-13,19,23,25H,14-15H2,(H,26,27,28).